The third-order valence-electron chi connectivity index (χ3n) is 6.13. The molecule has 1 amide bonds. The van der Waals surface area contributed by atoms with Gasteiger partial charge in [-0.2, -0.15) is 0 Å². The molecule has 4 heteroatoms. The van der Waals surface area contributed by atoms with Crippen molar-refractivity contribution < 1.29 is 4.79 Å². The summed E-state index contributed by atoms with van der Waals surface area (Å²) >= 11 is 0. The van der Waals surface area contributed by atoms with Crippen molar-refractivity contribution in [2.45, 2.75) is 46.2 Å². The SMILES string of the molecule is CC(C)c1ccc(C(NC(=O)Cn2c3ccccc3c(=O)c3ccccc32)C(C)C)cc1. The molecule has 0 aliphatic heterocycles. The lowest BCUT2D eigenvalue weighted by Gasteiger charge is -2.24. The first-order valence-electron chi connectivity index (χ1n) is 11.3. The Hall–Kier alpha value is -3.40. The van der Waals surface area contributed by atoms with Crippen LogP contribution < -0.4 is 10.7 Å². The lowest BCUT2D eigenvalue weighted by molar-refractivity contribution is -0.122. The molecule has 4 nitrogen and oxygen atoms in total. The van der Waals surface area contributed by atoms with Gasteiger partial charge in [0.05, 0.1) is 17.1 Å². The van der Waals surface area contributed by atoms with E-state index in [2.05, 4.69) is 57.3 Å². The molecule has 4 rings (SSSR count). The van der Waals surface area contributed by atoms with E-state index in [1.54, 1.807) is 0 Å². The molecule has 1 heterocycles. The molecule has 0 spiro atoms. The van der Waals surface area contributed by atoms with Gasteiger partial charge in [0.2, 0.25) is 5.91 Å². The molecule has 0 bridgehead atoms. The van der Waals surface area contributed by atoms with Crippen LogP contribution in [0.25, 0.3) is 21.8 Å². The van der Waals surface area contributed by atoms with Gasteiger partial charge in [-0.15, -0.1) is 0 Å². The minimum absolute atomic E-state index is 0.00171. The highest BCUT2D eigenvalue weighted by atomic mass is 16.2. The number of para-hydroxylation sites is 2. The van der Waals surface area contributed by atoms with E-state index >= 15 is 0 Å². The van der Waals surface area contributed by atoms with Crippen LogP contribution in [0.4, 0.5) is 0 Å². The Morgan fingerprint density at radius 1 is 0.781 bits per heavy atom. The third-order valence-corrected chi connectivity index (χ3v) is 6.13. The summed E-state index contributed by atoms with van der Waals surface area (Å²) in [6.45, 7) is 8.73. The number of nitrogens with zero attached hydrogens (tertiary/aromatic N) is 1. The third kappa shape index (κ3) is 4.18. The van der Waals surface area contributed by atoms with E-state index in [1.807, 2.05) is 53.1 Å². The van der Waals surface area contributed by atoms with E-state index in [1.165, 1.54) is 5.56 Å². The minimum atomic E-state index is -0.0828. The summed E-state index contributed by atoms with van der Waals surface area (Å²) in [7, 11) is 0. The largest absolute Gasteiger partial charge is 0.347 e. The smallest absolute Gasteiger partial charge is 0.240 e. The van der Waals surface area contributed by atoms with Gasteiger partial charge in [0.1, 0.15) is 6.54 Å². The fourth-order valence-electron chi connectivity index (χ4n) is 4.33. The predicted octanol–water partition coefficient (Wildman–Crippen LogP) is 5.79. The van der Waals surface area contributed by atoms with E-state index in [9.17, 15) is 9.59 Å². The van der Waals surface area contributed by atoms with Gasteiger partial charge in [-0.3, -0.25) is 9.59 Å². The Kier molecular flexibility index (Phi) is 6.13. The fourth-order valence-corrected chi connectivity index (χ4v) is 4.33. The Bertz CT molecular complexity index is 1260. The van der Waals surface area contributed by atoms with Crippen molar-refractivity contribution in [2.24, 2.45) is 5.92 Å². The quantitative estimate of drug-likeness (QED) is 0.397. The molecule has 164 valence electrons. The van der Waals surface area contributed by atoms with Gasteiger partial charge in [0.15, 0.2) is 5.43 Å². The van der Waals surface area contributed by atoms with Crippen LogP contribution in [0.2, 0.25) is 0 Å². The van der Waals surface area contributed by atoms with Gasteiger partial charge in [-0.1, -0.05) is 76.2 Å². The van der Waals surface area contributed by atoms with Crippen molar-refractivity contribution >= 4 is 27.7 Å². The van der Waals surface area contributed by atoms with E-state index < -0.39 is 0 Å². The summed E-state index contributed by atoms with van der Waals surface area (Å²) in [6.07, 6.45) is 0. The zero-order valence-electron chi connectivity index (χ0n) is 19.1. The van der Waals surface area contributed by atoms with Crippen LogP contribution in [0.1, 0.15) is 50.8 Å². The van der Waals surface area contributed by atoms with Crippen molar-refractivity contribution in [3.63, 3.8) is 0 Å². The first-order chi connectivity index (χ1) is 15.4. The number of benzene rings is 3. The first kappa shape index (κ1) is 21.8. The lowest BCUT2D eigenvalue weighted by atomic mass is 9.93. The molecule has 1 aromatic heterocycles. The lowest BCUT2D eigenvalue weighted by Crippen LogP contribution is -2.34. The molecule has 3 aromatic carbocycles. The Labute approximate surface area is 188 Å². The molecule has 0 aliphatic rings. The highest BCUT2D eigenvalue weighted by Crippen LogP contribution is 2.25. The van der Waals surface area contributed by atoms with Gasteiger partial charge in [-0.25, -0.2) is 0 Å². The van der Waals surface area contributed by atoms with E-state index in [4.69, 9.17) is 0 Å². The van der Waals surface area contributed by atoms with Gasteiger partial charge in [0, 0.05) is 10.8 Å². The molecular weight excluding hydrogens is 396 g/mol. The summed E-state index contributed by atoms with van der Waals surface area (Å²) in [4.78, 5) is 26.2. The summed E-state index contributed by atoms with van der Waals surface area (Å²) in [5.41, 5.74) is 3.93. The number of amides is 1. The number of pyridine rings is 1. The minimum Gasteiger partial charge on any atom is -0.347 e. The van der Waals surface area contributed by atoms with Crippen LogP contribution in [0.15, 0.2) is 77.6 Å². The molecule has 4 aromatic rings. The van der Waals surface area contributed by atoms with Gasteiger partial charge in [-0.05, 0) is 47.2 Å². The topological polar surface area (TPSA) is 51.1 Å². The Balaban J connectivity index is 1.68. The second-order valence-corrected chi connectivity index (χ2v) is 9.06. The number of fused-ring (bicyclic) bond motifs is 2. The molecule has 32 heavy (non-hydrogen) atoms. The molecule has 1 N–H and O–H groups in total. The maximum atomic E-state index is 13.2. The van der Waals surface area contributed by atoms with Crippen LogP contribution in [-0.4, -0.2) is 10.5 Å². The second kappa shape index (κ2) is 8.99. The fraction of sp³-hybridized carbons (Fsp3) is 0.286. The Morgan fingerprint density at radius 2 is 1.28 bits per heavy atom. The van der Waals surface area contributed by atoms with Crippen LogP contribution >= 0.6 is 0 Å². The van der Waals surface area contributed by atoms with Crippen molar-refractivity contribution in [1.29, 1.82) is 0 Å². The van der Waals surface area contributed by atoms with Gasteiger partial charge >= 0.3 is 0 Å². The number of hydrogen-bond acceptors (Lipinski definition) is 2. The maximum absolute atomic E-state index is 13.2. The standard InChI is InChI=1S/C28H30N2O2/c1-18(2)20-13-15-21(16-14-20)27(19(3)4)29-26(31)17-30-24-11-7-5-9-22(24)28(32)23-10-6-8-12-25(23)30/h5-16,18-19,27H,17H2,1-4H3,(H,29,31). The molecule has 0 aliphatic carbocycles. The summed E-state index contributed by atoms with van der Waals surface area (Å²) < 4.78 is 1.95. The molecule has 0 fully saturated rings. The number of carbonyl (C=O) groups excluding carboxylic acids is 1. The van der Waals surface area contributed by atoms with Crippen molar-refractivity contribution in [3.05, 3.63) is 94.1 Å². The molecule has 1 unspecified atom stereocenters. The van der Waals surface area contributed by atoms with Crippen LogP contribution in [0.5, 0.6) is 0 Å². The average molecular weight is 427 g/mol. The summed E-state index contributed by atoms with van der Waals surface area (Å²) in [6, 6.07) is 23.4. The highest BCUT2D eigenvalue weighted by Gasteiger charge is 2.20. The van der Waals surface area contributed by atoms with Crippen LogP contribution in [0.3, 0.4) is 0 Å². The molecular formula is C28H30N2O2. The number of aromatic nitrogens is 1. The number of rotatable bonds is 6. The molecule has 1 atom stereocenters. The van der Waals surface area contributed by atoms with E-state index in [0.717, 1.165) is 16.6 Å². The van der Waals surface area contributed by atoms with Gasteiger partial charge in [0.25, 0.3) is 0 Å². The predicted molar refractivity (Wildman–Crippen MR) is 132 cm³/mol. The van der Waals surface area contributed by atoms with Crippen LogP contribution in [-0.2, 0) is 11.3 Å². The highest BCUT2D eigenvalue weighted by molar-refractivity contribution is 5.94. The van der Waals surface area contributed by atoms with Crippen molar-refractivity contribution in [3.8, 4) is 0 Å². The maximum Gasteiger partial charge on any atom is 0.240 e. The number of hydrogen-bond donors (Lipinski definition) is 1. The van der Waals surface area contributed by atoms with Crippen molar-refractivity contribution in [2.75, 3.05) is 0 Å². The number of carbonyl (C=O) groups is 1. The summed E-state index contributed by atoms with van der Waals surface area (Å²) in [5, 5.41) is 4.49. The zero-order valence-corrected chi connectivity index (χ0v) is 19.1. The number of nitrogens with one attached hydrogen (secondary N) is 1. The zero-order chi connectivity index (χ0) is 22.8. The van der Waals surface area contributed by atoms with E-state index in [-0.39, 0.29) is 29.8 Å². The molecule has 0 saturated carbocycles. The van der Waals surface area contributed by atoms with Crippen molar-refractivity contribution in [1.82, 2.24) is 9.88 Å². The second-order valence-electron chi connectivity index (χ2n) is 9.06. The normalized spacial score (nSPS) is 12.6. The average Bonchev–Trinajstić information content (AvgIpc) is 2.80. The first-order valence-corrected chi connectivity index (χ1v) is 11.3. The van der Waals surface area contributed by atoms with Crippen LogP contribution in [0, 0.1) is 5.92 Å². The monoisotopic (exact) mass is 426 g/mol. The molecule has 0 saturated heterocycles. The van der Waals surface area contributed by atoms with Gasteiger partial charge < -0.3 is 9.88 Å². The Morgan fingerprint density at radius 3 is 1.78 bits per heavy atom. The molecule has 0 radical (unpaired) electrons. The summed E-state index contributed by atoms with van der Waals surface area (Å²) in [5.74, 6) is 0.639. The van der Waals surface area contributed by atoms with E-state index in [0.29, 0.717) is 16.7 Å².